The molecule has 2 aromatic carbocycles. The Bertz CT molecular complexity index is 661. The number of rotatable bonds is 2. The number of hydrogen-bond acceptors (Lipinski definition) is 3. The van der Waals surface area contributed by atoms with Gasteiger partial charge in [0.2, 0.25) is 0 Å². The lowest BCUT2D eigenvalue weighted by Gasteiger charge is -2.39. The Balaban J connectivity index is 1.74. The van der Waals surface area contributed by atoms with Crippen LogP contribution in [0.4, 0.5) is 11.4 Å². The summed E-state index contributed by atoms with van der Waals surface area (Å²) >= 11 is 5.93. The van der Waals surface area contributed by atoms with Crippen LogP contribution in [-0.4, -0.2) is 18.2 Å². The Hall–Kier alpha value is -1.71. The standard InChI is InChI=1S/C18H21ClN2O/c1-13-12-16(6-7-17(13)20)21-10-8-18(22,9-11-21)14-2-4-15(19)5-3-14/h2-7,12,22H,8-11,20H2,1H3. The fourth-order valence-electron chi connectivity index (χ4n) is 3.04. The molecule has 1 aliphatic heterocycles. The van der Waals surface area contributed by atoms with Crippen molar-refractivity contribution in [1.82, 2.24) is 0 Å². The second-order valence-corrected chi connectivity index (χ2v) is 6.50. The van der Waals surface area contributed by atoms with E-state index in [-0.39, 0.29) is 0 Å². The summed E-state index contributed by atoms with van der Waals surface area (Å²) in [4.78, 5) is 2.30. The van der Waals surface area contributed by atoms with Gasteiger partial charge in [0.25, 0.3) is 0 Å². The van der Waals surface area contributed by atoms with Gasteiger partial charge in [-0.25, -0.2) is 0 Å². The maximum Gasteiger partial charge on any atom is 0.0930 e. The molecule has 0 spiro atoms. The summed E-state index contributed by atoms with van der Waals surface area (Å²) in [5.74, 6) is 0. The Morgan fingerprint density at radius 2 is 1.73 bits per heavy atom. The molecule has 1 aliphatic rings. The number of aliphatic hydroxyl groups is 1. The van der Waals surface area contributed by atoms with Crippen molar-refractivity contribution in [3.8, 4) is 0 Å². The number of nitrogens with zero attached hydrogens (tertiary/aromatic N) is 1. The first kappa shape index (κ1) is 15.2. The van der Waals surface area contributed by atoms with Gasteiger partial charge in [0.15, 0.2) is 0 Å². The lowest BCUT2D eigenvalue weighted by molar-refractivity contribution is 0.0118. The van der Waals surface area contributed by atoms with Crippen LogP contribution in [0, 0.1) is 6.92 Å². The number of nitrogen functional groups attached to an aromatic ring is 1. The van der Waals surface area contributed by atoms with Gasteiger partial charge in [0.05, 0.1) is 5.60 Å². The molecule has 3 N–H and O–H groups in total. The van der Waals surface area contributed by atoms with E-state index in [0.29, 0.717) is 17.9 Å². The predicted octanol–water partition coefficient (Wildman–Crippen LogP) is 3.72. The summed E-state index contributed by atoms with van der Waals surface area (Å²) < 4.78 is 0. The van der Waals surface area contributed by atoms with E-state index in [1.54, 1.807) is 0 Å². The van der Waals surface area contributed by atoms with E-state index in [2.05, 4.69) is 17.0 Å². The number of hydrogen-bond donors (Lipinski definition) is 2. The Kier molecular flexibility index (Phi) is 4.02. The molecule has 1 fully saturated rings. The summed E-state index contributed by atoms with van der Waals surface area (Å²) in [6.45, 7) is 3.66. The third-order valence-electron chi connectivity index (χ3n) is 4.59. The summed E-state index contributed by atoms with van der Waals surface area (Å²) in [6.07, 6.45) is 1.41. The normalized spacial score (nSPS) is 17.5. The zero-order valence-corrected chi connectivity index (χ0v) is 13.5. The van der Waals surface area contributed by atoms with E-state index in [1.165, 1.54) is 5.69 Å². The SMILES string of the molecule is Cc1cc(N2CCC(O)(c3ccc(Cl)cc3)CC2)ccc1N. The molecule has 22 heavy (non-hydrogen) atoms. The first-order valence-corrected chi connectivity index (χ1v) is 7.95. The van der Waals surface area contributed by atoms with E-state index >= 15 is 0 Å². The molecule has 3 nitrogen and oxygen atoms in total. The molecule has 0 saturated carbocycles. The number of nitrogens with two attached hydrogens (primary N) is 1. The van der Waals surface area contributed by atoms with Gasteiger partial charge in [-0.05, 0) is 61.2 Å². The van der Waals surface area contributed by atoms with Crippen LogP contribution in [0.3, 0.4) is 0 Å². The van der Waals surface area contributed by atoms with Crippen molar-refractivity contribution in [1.29, 1.82) is 0 Å². The Labute approximate surface area is 136 Å². The molecule has 2 aromatic rings. The molecular formula is C18H21ClN2O. The maximum absolute atomic E-state index is 10.9. The number of anilines is 2. The van der Waals surface area contributed by atoms with Crippen molar-refractivity contribution in [2.24, 2.45) is 0 Å². The van der Waals surface area contributed by atoms with Gasteiger partial charge in [-0.1, -0.05) is 23.7 Å². The van der Waals surface area contributed by atoms with Crippen LogP contribution in [-0.2, 0) is 5.60 Å². The van der Waals surface area contributed by atoms with Crippen LogP contribution in [0.15, 0.2) is 42.5 Å². The minimum absolute atomic E-state index is 0.696. The average molecular weight is 317 g/mol. The third kappa shape index (κ3) is 2.92. The van der Waals surface area contributed by atoms with E-state index in [4.69, 9.17) is 17.3 Å². The van der Waals surface area contributed by atoms with Crippen molar-refractivity contribution in [3.05, 3.63) is 58.6 Å². The molecule has 116 valence electrons. The van der Waals surface area contributed by atoms with Crippen molar-refractivity contribution in [2.75, 3.05) is 23.7 Å². The van der Waals surface area contributed by atoms with E-state index in [1.807, 2.05) is 37.3 Å². The largest absolute Gasteiger partial charge is 0.399 e. The van der Waals surface area contributed by atoms with Crippen LogP contribution < -0.4 is 10.6 Å². The summed E-state index contributed by atoms with van der Waals surface area (Å²) in [7, 11) is 0. The van der Waals surface area contributed by atoms with Gasteiger partial charge >= 0.3 is 0 Å². The molecule has 4 heteroatoms. The van der Waals surface area contributed by atoms with E-state index in [9.17, 15) is 5.11 Å². The molecule has 0 radical (unpaired) electrons. The number of halogens is 1. The summed E-state index contributed by atoms with van der Waals surface area (Å²) in [5.41, 5.74) is 9.15. The molecule has 0 atom stereocenters. The predicted molar refractivity (Wildman–Crippen MR) is 92.4 cm³/mol. The lowest BCUT2D eigenvalue weighted by atomic mass is 9.84. The van der Waals surface area contributed by atoms with E-state index in [0.717, 1.165) is 29.9 Å². The van der Waals surface area contributed by atoms with Gasteiger partial charge in [-0.15, -0.1) is 0 Å². The van der Waals surface area contributed by atoms with Crippen molar-refractivity contribution < 1.29 is 5.11 Å². The highest BCUT2D eigenvalue weighted by atomic mass is 35.5. The summed E-state index contributed by atoms with van der Waals surface area (Å²) in [5, 5.41) is 11.6. The zero-order valence-electron chi connectivity index (χ0n) is 12.7. The molecule has 1 heterocycles. The smallest absolute Gasteiger partial charge is 0.0930 e. The fourth-order valence-corrected chi connectivity index (χ4v) is 3.17. The van der Waals surface area contributed by atoms with Gasteiger partial charge in [-0.2, -0.15) is 0 Å². The van der Waals surface area contributed by atoms with Crippen LogP contribution in [0.2, 0.25) is 5.02 Å². The highest BCUT2D eigenvalue weighted by Gasteiger charge is 2.34. The first-order valence-electron chi connectivity index (χ1n) is 7.57. The van der Waals surface area contributed by atoms with Crippen molar-refractivity contribution in [2.45, 2.75) is 25.4 Å². The number of benzene rings is 2. The molecule has 1 saturated heterocycles. The second-order valence-electron chi connectivity index (χ2n) is 6.07. The third-order valence-corrected chi connectivity index (χ3v) is 4.84. The molecule has 0 aliphatic carbocycles. The van der Waals surface area contributed by atoms with Crippen molar-refractivity contribution >= 4 is 23.0 Å². The highest BCUT2D eigenvalue weighted by molar-refractivity contribution is 6.30. The fraction of sp³-hybridized carbons (Fsp3) is 0.333. The quantitative estimate of drug-likeness (QED) is 0.830. The van der Waals surface area contributed by atoms with Gasteiger partial charge in [0.1, 0.15) is 0 Å². The van der Waals surface area contributed by atoms with Gasteiger partial charge in [-0.3, -0.25) is 0 Å². The minimum Gasteiger partial charge on any atom is -0.399 e. The highest BCUT2D eigenvalue weighted by Crippen LogP contribution is 2.35. The number of aryl methyl sites for hydroxylation is 1. The van der Waals surface area contributed by atoms with Crippen LogP contribution in [0.5, 0.6) is 0 Å². The Morgan fingerprint density at radius 3 is 2.32 bits per heavy atom. The van der Waals surface area contributed by atoms with E-state index < -0.39 is 5.60 Å². The van der Waals surface area contributed by atoms with Crippen LogP contribution in [0.1, 0.15) is 24.0 Å². The molecular weight excluding hydrogens is 296 g/mol. The molecule has 0 bridgehead atoms. The molecule has 3 rings (SSSR count). The molecule has 0 aromatic heterocycles. The number of piperidine rings is 1. The topological polar surface area (TPSA) is 49.5 Å². The summed E-state index contributed by atoms with van der Waals surface area (Å²) in [6, 6.07) is 13.6. The van der Waals surface area contributed by atoms with Crippen LogP contribution in [0.25, 0.3) is 0 Å². The maximum atomic E-state index is 10.9. The minimum atomic E-state index is -0.760. The first-order chi connectivity index (χ1) is 10.5. The van der Waals surface area contributed by atoms with Gasteiger partial charge in [0, 0.05) is 29.5 Å². The Morgan fingerprint density at radius 1 is 1.09 bits per heavy atom. The van der Waals surface area contributed by atoms with Gasteiger partial charge < -0.3 is 15.7 Å². The van der Waals surface area contributed by atoms with Crippen LogP contribution >= 0.6 is 11.6 Å². The second kappa shape index (κ2) is 5.82. The average Bonchev–Trinajstić information content (AvgIpc) is 2.51. The molecule has 0 amide bonds. The molecule has 0 unspecified atom stereocenters. The monoisotopic (exact) mass is 316 g/mol. The zero-order chi connectivity index (χ0) is 15.7. The lowest BCUT2D eigenvalue weighted by Crippen LogP contribution is -2.42. The van der Waals surface area contributed by atoms with Crippen molar-refractivity contribution in [3.63, 3.8) is 0 Å².